The van der Waals surface area contributed by atoms with E-state index < -0.39 is 5.97 Å². The third kappa shape index (κ3) is 4.70. The van der Waals surface area contributed by atoms with Gasteiger partial charge in [-0.25, -0.2) is 9.78 Å². The molecule has 2 heterocycles. The van der Waals surface area contributed by atoms with Crippen LogP contribution in [0.1, 0.15) is 16.1 Å². The molecule has 0 saturated heterocycles. The minimum Gasteiger partial charge on any atom is -0.450 e. The SMILES string of the molecule is O=C(COC(=O)c1ccc(-c2nc3ccccc3s2)o1)NCCc1ccccc1. The number of nitrogens with zero attached hydrogens (tertiary/aromatic N) is 1. The van der Waals surface area contributed by atoms with E-state index >= 15 is 0 Å². The lowest BCUT2D eigenvalue weighted by Crippen LogP contribution is -2.30. The first-order chi connectivity index (χ1) is 14.2. The molecule has 4 rings (SSSR count). The number of aromatic nitrogens is 1. The fourth-order valence-corrected chi connectivity index (χ4v) is 3.71. The van der Waals surface area contributed by atoms with Gasteiger partial charge in [0, 0.05) is 6.54 Å². The molecule has 0 atom stereocenters. The first-order valence-corrected chi connectivity index (χ1v) is 9.94. The van der Waals surface area contributed by atoms with Gasteiger partial charge in [-0.15, -0.1) is 11.3 Å². The van der Waals surface area contributed by atoms with E-state index in [0.717, 1.165) is 15.8 Å². The topological polar surface area (TPSA) is 81.4 Å². The Bertz CT molecular complexity index is 1100. The standard InChI is InChI=1S/C22H18N2O4S/c25-20(23-13-12-15-6-2-1-3-7-15)14-27-22(26)18-11-10-17(28-18)21-24-16-8-4-5-9-19(16)29-21/h1-11H,12-14H2,(H,23,25). The van der Waals surface area contributed by atoms with Crippen LogP contribution in [-0.4, -0.2) is 30.0 Å². The van der Waals surface area contributed by atoms with Crippen LogP contribution in [0.2, 0.25) is 0 Å². The minimum absolute atomic E-state index is 0.0383. The van der Waals surface area contributed by atoms with E-state index in [4.69, 9.17) is 9.15 Å². The molecule has 7 heteroatoms. The number of carbonyl (C=O) groups is 2. The van der Waals surface area contributed by atoms with Crippen LogP contribution in [-0.2, 0) is 16.0 Å². The Morgan fingerprint density at radius 3 is 2.62 bits per heavy atom. The summed E-state index contributed by atoms with van der Waals surface area (Å²) >= 11 is 1.48. The molecule has 0 spiro atoms. The van der Waals surface area contributed by atoms with Gasteiger partial charge in [0.15, 0.2) is 17.4 Å². The molecule has 4 aromatic rings. The number of rotatable bonds is 7. The Kier molecular flexibility index (Phi) is 5.67. The van der Waals surface area contributed by atoms with E-state index in [-0.39, 0.29) is 18.3 Å². The molecule has 146 valence electrons. The van der Waals surface area contributed by atoms with E-state index in [1.165, 1.54) is 17.4 Å². The van der Waals surface area contributed by atoms with Crippen LogP contribution in [0.15, 0.2) is 71.1 Å². The van der Waals surface area contributed by atoms with Crippen molar-refractivity contribution in [3.63, 3.8) is 0 Å². The second-order valence-corrected chi connectivity index (χ2v) is 7.34. The van der Waals surface area contributed by atoms with E-state index in [9.17, 15) is 9.59 Å². The van der Waals surface area contributed by atoms with Crippen LogP contribution in [0.25, 0.3) is 21.0 Å². The highest BCUT2D eigenvalue weighted by atomic mass is 32.1. The minimum atomic E-state index is -0.685. The number of ether oxygens (including phenoxy) is 1. The molecule has 0 aliphatic heterocycles. The molecule has 1 amide bonds. The predicted molar refractivity (Wildman–Crippen MR) is 111 cm³/mol. The molecule has 1 N–H and O–H groups in total. The number of hydrogen-bond acceptors (Lipinski definition) is 6. The largest absolute Gasteiger partial charge is 0.450 e. The van der Waals surface area contributed by atoms with E-state index in [1.54, 1.807) is 6.07 Å². The van der Waals surface area contributed by atoms with Crippen LogP contribution in [0.4, 0.5) is 0 Å². The van der Waals surface area contributed by atoms with E-state index in [0.29, 0.717) is 23.7 Å². The molecule has 6 nitrogen and oxygen atoms in total. The summed E-state index contributed by atoms with van der Waals surface area (Å²) in [6, 6.07) is 20.8. The molecule has 2 aromatic carbocycles. The average Bonchev–Trinajstić information content (AvgIpc) is 3.40. The summed E-state index contributed by atoms with van der Waals surface area (Å²) in [6.45, 7) is 0.119. The zero-order chi connectivity index (χ0) is 20.1. The lowest BCUT2D eigenvalue weighted by molar-refractivity contribution is -0.124. The molecular weight excluding hydrogens is 388 g/mol. The van der Waals surface area contributed by atoms with Gasteiger partial charge >= 0.3 is 5.97 Å². The summed E-state index contributed by atoms with van der Waals surface area (Å²) in [4.78, 5) is 28.5. The number of esters is 1. The Hall–Kier alpha value is -3.45. The lowest BCUT2D eigenvalue weighted by atomic mass is 10.1. The number of nitrogens with one attached hydrogen (secondary N) is 1. The van der Waals surface area contributed by atoms with Crippen LogP contribution >= 0.6 is 11.3 Å². The van der Waals surface area contributed by atoms with Crippen LogP contribution in [0.3, 0.4) is 0 Å². The Balaban J connectivity index is 1.28. The molecule has 0 bridgehead atoms. The average molecular weight is 406 g/mol. The zero-order valence-electron chi connectivity index (χ0n) is 15.5. The maximum Gasteiger partial charge on any atom is 0.374 e. The smallest absolute Gasteiger partial charge is 0.374 e. The molecule has 0 aliphatic carbocycles. The van der Waals surface area contributed by atoms with E-state index in [1.807, 2.05) is 54.6 Å². The molecule has 0 radical (unpaired) electrons. The van der Waals surface area contributed by atoms with Crippen molar-refractivity contribution in [1.82, 2.24) is 10.3 Å². The van der Waals surface area contributed by atoms with Crippen molar-refractivity contribution in [2.45, 2.75) is 6.42 Å². The predicted octanol–water partition coefficient (Wildman–Crippen LogP) is 4.07. The van der Waals surface area contributed by atoms with Crippen molar-refractivity contribution in [2.24, 2.45) is 0 Å². The highest BCUT2D eigenvalue weighted by Gasteiger charge is 2.17. The Morgan fingerprint density at radius 2 is 1.79 bits per heavy atom. The van der Waals surface area contributed by atoms with Crippen molar-refractivity contribution in [3.8, 4) is 10.8 Å². The first-order valence-electron chi connectivity index (χ1n) is 9.12. The fourth-order valence-electron chi connectivity index (χ4n) is 2.78. The highest BCUT2D eigenvalue weighted by molar-refractivity contribution is 7.21. The number of carbonyl (C=O) groups excluding carboxylic acids is 2. The second-order valence-electron chi connectivity index (χ2n) is 6.31. The van der Waals surface area contributed by atoms with Gasteiger partial charge in [-0.1, -0.05) is 42.5 Å². The van der Waals surface area contributed by atoms with Gasteiger partial charge < -0.3 is 14.5 Å². The van der Waals surface area contributed by atoms with Crippen molar-refractivity contribution < 1.29 is 18.7 Å². The summed E-state index contributed by atoms with van der Waals surface area (Å²) in [5.41, 5.74) is 2.00. The molecule has 0 aliphatic rings. The quantitative estimate of drug-likeness (QED) is 0.468. The van der Waals surface area contributed by atoms with Crippen LogP contribution in [0, 0.1) is 0 Å². The molecule has 0 saturated carbocycles. The first kappa shape index (κ1) is 18.9. The van der Waals surface area contributed by atoms with Gasteiger partial charge in [-0.3, -0.25) is 4.79 Å². The summed E-state index contributed by atoms with van der Waals surface area (Å²) in [5, 5.41) is 3.41. The molecule has 0 unspecified atom stereocenters. The summed E-state index contributed by atoms with van der Waals surface area (Å²) in [7, 11) is 0. The Morgan fingerprint density at radius 1 is 1.00 bits per heavy atom. The molecular formula is C22H18N2O4S. The van der Waals surface area contributed by atoms with Crippen LogP contribution in [0.5, 0.6) is 0 Å². The van der Waals surface area contributed by atoms with Crippen molar-refractivity contribution in [2.75, 3.05) is 13.2 Å². The van der Waals surface area contributed by atoms with Gasteiger partial charge in [0.1, 0.15) is 0 Å². The maximum atomic E-state index is 12.1. The van der Waals surface area contributed by atoms with E-state index in [2.05, 4.69) is 10.3 Å². The number of benzene rings is 2. The van der Waals surface area contributed by atoms with Crippen LogP contribution < -0.4 is 5.32 Å². The number of hydrogen-bond donors (Lipinski definition) is 1. The summed E-state index contributed by atoms with van der Waals surface area (Å²) < 4.78 is 11.7. The fraction of sp³-hybridized carbons (Fsp3) is 0.136. The zero-order valence-corrected chi connectivity index (χ0v) is 16.3. The monoisotopic (exact) mass is 406 g/mol. The van der Waals surface area contributed by atoms with Gasteiger partial charge in [0.05, 0.1) is 10.2 Å². The molecule has 2 aromatic heterocycles. The van der Waals surface area contributed by atoms with Crippen molar-refractivity contribution in [3.05, 3.63) is 78.1 Å². The van der Waals surface area contributed by atoms with Gasteiger partial charge in [-0.2, -0.15) is 0 Å². The second kappa shape index (κ2) is 8.70. The number of fused-ring (bicyclic) bond motifs is 1. The lowest BCUT2D eigenvalue weighted by Gasteiger charge is -2.06. The number of para-hydroxylation sites is 1. The van der Waals surface area contributed by atoms with Crippen molar-refractivity contribution >= 4 is 33.4 Å². The van der Waals surface area contributed by atoms with Gasteiger partial charge in [0.2, 0.25) is 5.76 Å². The molecule has 0 fully saturated rings. The number of furan rings is 1. The van der Waals surface area contributed by atoms with Gasteiger partial charge in [0.25, 0.3) is 5.91 Å². The summed E-state index contributed by atoms with van der Waals surface area (Å²) in [6.07, 6.45) is 0.713. The van der Waals surface area contributed by atoms with Gasteiger partial charge in [-0.05, 0) is 36.2 Å². The highest BCUT2D eigenvalue weighted by Crippen LogP contribution is 2.31. The molecule has 29 heavy (non-hydrogen) atoms. The maximum absolute atomic E-state index is 12.1. The third-order valence-electron chi connectivity index (χ3n) is 4.22. The number of amides is 1. The third-order valence-corrected chi connectivity index (χ3v) is 5.28. The van der Waals surface area contributed by atoms with Crippen molar-refractivity contribution in [1.29, 1.82) is 0 Å². The summed E-state index contributed by atoms with van der Waals surface area (Å²) in [5.74, 6) is -0.510. The normalized spacial score (nSPS) is 10.8. The number of thiazole rings is 1. The Labute approximate surface area is 171 Å².